The van der Waals surface area contributed by atoms with Gasteiger partial charge in [0.1, 0.15) is 19.0 Å². The summed E-state index contributed by atoms with van der Waals surface area (Å²) in [6.45, 7) is 7.13. The van der Waals surface area contributed by atoms with E-state index in [9.17, 15) is 4.79 Å². The Labute approximate surface area is 167 Å². The van der Waals surface area contributed by atoms with Gasteiger partial charge in [0.15, 0.2) is 11.5 Å². The van der Waals surface area contributed by atoms with E-state index < -0.39 is 0 Å². The van der Waals surface area contributed by atoms with E-state index >= 15 is 0 Å². The molecule has 0 saturated carbocycles. The number of likely N-dealkylation sites (tertiary alicyclic amines) is 1. The van der Waals surface area contributed by atoms with Crippen LogP contribution in [0.2, 0.25) is 0 Å². The zero-order valence-electron chi connectivity index (χ0n) is 16.7. The van der Waals surface area contributed by atoms with Crippen molar-refractivity contribution >= 4 is 5.91 Å². The average molecular weight is 383 g/mol. The summed E-state index contributed by atoms with van der Waals surface area (Å²) in [5.74, 6) is 2.79. The molecule has 1 saturated heterocycles. The molecule has 2 aromatic rings. The molecule has 0 unspecified atom stereocenters. The molecule has 1 aliphatic rings. The molecule has 3 rings (SSSR count). The Morgan fingerprint density at radius 2 is 1.68 bits per heavy atom. The third-order valence-corrected chi connectivity index (χ3v) is 4.91. The van der Waals surface area contributed by atoms with Crippen LogP contribution in [0.3, 0.4) is 0 Å². The van der Waals surface area contributed by atoms with E-state index in [1.807, 2.05) is 54.3 Å². The van der Waals surface area contributed by atoms with Gasteiger partial charge in [0, 0.05) is 18.7 Å². The van der Waals surface area contributed by atoms with Crippen molar-refractivity contribution in [3.05, 3.63) is 54.1 Å². The Kier molecular flexibility index (Phi) is 7.18. The van der Waals surface area contributed by atoms with Gasteiger partial charge in [0.25, 0.3) is 5.91 Å². The Morgan fingerprint density at radius 3 is 2.39 bits per heavy atom. The molecular formula is C23H29NO4. The summed E-state index contributed by atoms with van der Waals surface area (Å²) < 4.78 is 17.2. The second-order valence-corrected chi connectivity index (χ2v) is 7.08. The Balaban J connectivity index is 1.59. The van der Waals surface area contributed by atoms with Gasteiger partial charge in [-0.3, -0.25) is 4.79 Å². The van der Waals surface area contributed by atoms with Crippen molar-refractivity contribution in [2.75, 3.05) is 32.9 Å². The standard InChI is InChI=1S/C23H29NO4/c1-3-26-22-17-19(23(25)24-13-11-18(2)12-14-24)9-10-21(22)28-16-15-27-20-7-5-4-6-8-20/h4-10,17-18H,3,11-16H2,1-2H3. The van der Waals surface area contributed by atoms with Crippen molar-refractivity contribution in [1.29, 1.82) is 0 Å². The van der Waals surface area contributed by atoms with Gasteiger partial charge in [0.05, 0.1) is 6.61 Å². The number of benzene rings is 2. The van der Waals surface area contributed by atoms with E-state index in [1.165, 1.54) is 0 Å². The largest absolute Gasteiger partial charge is 0.490 e. The van der Waals surface area contributed by atoms with Crippen molar-refractivity contribution < 1.29 is 19.0 Å². The van der Waals surface area contributed by atoms with Crippen molar-refractivity contribution in [2.24, 2.45) is 5.92 Å². The van der Waals surface area contributed by atoms with E-state index in [-0.39, 0.29) is 5.91 Å². The lowest BCUT2D eigenvalue weighted by Crippen LogP contribution is -2.37. The maximum absolute atomic E-state index is 12.8. The van der Waals surface area contributed by atoms with Crippen LogP contribution in [0.15, 0.2) is 48.5 Å². The van der Waals surface area contributed by atoms with E-state index in [2.05, 4.69) is 6.92 Å². The fraction of sp³-hybridized carbons (Fsp3) is 0.435. The summed E-state index contributed by atoms with van der Waals surface area (Å²) in [5.41, 5.74) is 0.644. The van der Waals surface area contributed by atoms with Crippen LogP contribution in [0, 0.1) is 5.92 Å². The van der Waals surface area contributed by atoms with Crippen molar-refractivity contribution in [1.82, 2.24) is 4.90 Å². The predicted molar refractivity (Wildman–Crippen MR) is 109 cm³/mol. The Hall–Kier alpha value is -2.69. The van der Waals surface area contributed by atoms with Gasteiger partial charge in [-0.25, -0.2) is 0 Å². The molecule has 0 spiro atoms. The third kappa shape index (κ3) is 5.41. The molecule has 5 nitrogen and oxygen atoms in total. The molecule has 1 heterocycles. The molecule has 0 radical (unpaired) electrons. The van der Waals surface area contributed by atoms with Crippen LogP contribution in [0.1, 0.15) is 37.0 Å². The minimum atomic E-state index is 0.0619. The van der Waals surface area contributed by atoms with Crippen LogP contribution in [0.25, 0.3) is 0 Å². The van der Waals surface area contributed by atoms with E-state index in [1.54, 1.807) is 6.07 Å². The molecule has 1 aliphatic heterocycles. The minimum absolute atomic E-state index is 0.0619. The fourth-order valence-corrected chi connectivity index (χ4v) is 3.25. The summed E-state index contributed by atoms with van der Waals surface area (Å²) >= 11 is 0. The minimum Gasteiger partial charge on any atom is -0.490 e. The second-order valence-electron chi connectivity index (χ2n) is 7.08. The highest BCUT2D eigenvalue weighted by atomic mass is 16.5. The predicted octanol–water partition coefficient (Wildman–Crippen LogP) is 4.42. The summed E-state index contributed by atoms with van der Waals surface area (Å²) in [6, 6.07) is 15.1. The van der Waals surface area contributed by atoms with Gasteiger partial charge in [0.2, 0.25) is 0 Å². The van der Waals surface area contributed by atoms with Gasteiger partial charge in [-0.1, -0.05) is 25.1 Å². The zero-order valence-corrected chi connectivity index (χ0v) is 16.7. The molecule has 1 amide bonds. The third-order valence-electron chi connectivity index (χ3n) is 4.91. The average Bonchev–Trinajstić information content (AvgIpc) is 2.73. The quantitative estimate of drug-likeness (QED) is 0.634. The highest BCUT2D eigenvalue weighted by Crippen LogP contribution is 2.29. The first-order valence-corrected chi connectivity index (χ1v) is 10.0. The van der Waals surface area contributed by atoms with E-state index in [0.717, 1.165) is 31.7 Å². The van der Waals surface area contributed by atoms with Gasteiger partial charge in [-0.05, 0) is 56.0 Å². The molecule has 28 heavy (non-hydrogen) atoms. The fourth-order valence-electron chi connectivity index (χ4n) is 3.25. The molecule has 5 heteroatoms. The SMILES string of the molecule is CCOc1cc(C(=O)N2CCC(C)CC2)ccc1OCCOc1ccccc1. The normalized spacial score (nSPS) is 14.6. The van der Waals surface area contributed by atoms with Crippen LogP contribution >= 0.6 is 0 Å². The van der Waals surface area contributed by atoms with Crippen LogP contribution in [-0.4, -0.2) is 43.7 Å². The topological polar surface area (TPSA) is 48.0 Å². The number of hydrogen-bond acceptors (Lipinski definition) is 4. The number of piperidine rings is 1. The molecular weight excluding hydrogens is 354 g/mol. The zero-order chi connectivity index (χ0) is 19.8. The highest BCUT2D eigenvalue weighted by Gasteiger charge is 2.22. The molecule has 0 atom stereocenters. The Bertz CT molecular complexity index is 754. The lowest BCUT2D eigenvalue weighted by molar-refractivity contribution is 0.0696. The molecule has 2 aromatic carbocycles. The van der Waals surface area contributed by atoms with Crippen LogP contribution in [0.5, 0.6) is 17.2 Å². The van der Waals surface area contributed by atoms with E-state index in [4.69, 9.17) is 14.2 Å². The first kappa shape index (κ1) is 20.1. The lowest BCUT2D eigenvalue weighted by atomic mass is 9.98. The highest BCUT2D eigenvalue weighted by molar-refractivity contribution is 5.95. The van der Waals surface area contributed by atoms with Crippen molar-refractivity contribution in [3.63, 3.8) is 0 Å². The maximum atomic E-state index is 12.8. The summed E-state index contributed by atoms with van der Waals surface area (Å²) in [6.07, 6.45) is 2.12. The van der Waals surface area contributed by atoms with Crippen molar-refractivity contribution in [3.8, 4) is 17.2 Å². The number of amides is 1. The summed E-state index contributed by atoms with van der Waals surface area (Å²) in [4.78, 5) is 14.7. The number of nitrogens with zero attached hydrogens (tertiary/aromatic N) is 1. The van der Waals surface area contributed by atoms with Gasteiger partial charge < -0.3 is 19.1 Å². The van der Waals surface area contributed by atoms with Crippen molar-refractivity contribution in [2.45, 2.75) is 26.7 Å². The lowest BCUT2D eigenvalue weighted by Gasteiger charge is -2.30. The first-order chi connectivity index (χ1) is 13.7. The molecule has 0 N–H and O–H groups in total. The summed E-state index contributed by atoms with van der Waals surface area (Å²) in [5, 5.41) is 0. The van der Waals surface area contributed by atoms with Gasteiger partial charge in [-0.15, -0.1) is 0 Å². The molecule has 0 aliphatic carbocycles. The Morgan fingerprint density at radius 1 is 0.964 bits per heavy atom. The van der Waals surface area contributed by atoms with Gasteiger partial charge in [-0.2, -0.15) is 0 Å². The first-order valence-electron chi connectivity index (χ1n) is 10.0. The molecule has 0 aromatic heterocycles. The van der Waals surface area contributed by atoms with E-state index in [0.29, 0.717) is 42.8 Å². The number of carbonyl (C=O) groups is 1. The van der Waals surface area contributed by atoms with Crippen LogP contribution < -0.4 is 14.2 Å². The maximum Gasteiger partial charge on any atom is 0.253 e. The van der Waals surface area contributed by atoms with Crippen LogP contribution in [0.4, 0.5) is 0 Å². The monoisotopic (exact) mass is 383 g/mol. The molecule has 150 valence electrons. The number of carbonyl (C=O) groups excluding carboxylic acids is 1. The second kappa shape index (κ2) is 10.0. The number of para-hydroxylation sites is 1. The molecule has 1 fully saturated rings. The van der Waals surface area contributed by atoms with Crippen LogP contribution in [-0.2, 0) is 0 Å². The molecule has 0 bridgehead atoms. The smallest absolute Gasteiger partial charge is 0.253 e. The number of hydrogen-bond donors (Lipinski definition) is 0. The summed E-state index contributed by atoms with van der Waals surface area (Å²) in [7, 11) is 0. The number of rotatable bonds is 8. The number of ether oxygens (including phenoxy) is 3. The van der Waals surface area contributed by atoms with Gasteiger partial charge >= 0.3 is 0 Å².